The summed E-state index contributed by atoms with van der Waals surface area (Å²) >= 11 is 0. The van der Waals surface area contributed by atoms with Gasteiger partial charge in [0.15, 0.2) is 0 Å². The summed E-state index contributed by atoms with van der Waals surface area (Å²) in [6.07, 6.45) is 3.39. The zero-order valence-electron chi connectivity index (χ0n) is 15.4. The maximum Gasteiger partial charge on any atom is 0.337 e. The van der Waals surface area contributed by atoms with Gasteiger partial charge < -0.3 is 20.1 Å². The Bertz CT molecular complexity index is 860. The summed E-state index contributed by atoms with van der Waals surface area (Å²) in [6.45, 7) is 1.16. The van der Waals surface area contributed by atoms with E-state index < -0.39 is 11.9 Å². The molecular formula is C20H21N3O5. The first-order valence-electron chi connectivity index (χ1n) is 8.92. The summed E-state index contributed by atoms with van der Waals surface area (Å²) in [5.41, 5.74) is 1.33. The van der Waals surface area contributed by atoms with Crippen LogP contribution < -0.4 is 10.6 Å². The molecule has 1 unspecified atom stereocenters. The Kier molecular flexibility index (Phi) is 6.33. The molecule has 1 atom stereocenters. The highest BCUT2D eigenvalue weighted by molar-refractivity contribution is 6.05. The van der Waals surface area contributed by atoms with Gasteiger partial charge in [-0.1, -0.05) is 0 Å². The Morgan fingerprint density at radius 1 is 1.14 bits per heavy atom. The van der Waals surface area contributed by atoms with Crippen molar-refractivity contribution in [3.05, 3.63) is 59.4 Å². The maximum absolute atomic E-state index is 12.4. The average molecular weight is 383 g/mol. The monoisotopic (exact) mass is 383 g/mol. The number of anilines is 1. The summed E-state index contributed by atoms with van der Waals surface area (Å²) in [7, 11) is 1.30. The first-order chi connectivity index (χ1) is 13.6. The van der Waals surface area contributed by atoms with Crippen molar-refractivity contribution in [3.8, 4) is 0 Å². The van der Waals surface area contributed by atoms with Crippen LogP contribution in [0.1, 0.15) is 44.0 Å². The first kappa shape index (κ1) is 19.5. The molecule has 2 heterocycles. The maximum atomic E-state index is 12.4. The van der Waals surface area contributed by atoms with Gasteiger partial charge in [0.2, 0.25) is 0 Å². The van der Waals surface area contributed by atoms with Crippen molar-refractivity contribution in [2.24, 2.45) is 0 Å². The van der Waals surface area contributed by atoms with Crippen LogP contribution >= 0.6 is 0 Å². The van der Waals surface area contributed by atoms with E-state index in [4.69, 9.17) is 4.74 Å². The minimum absolute atomic E-state index is 0.0431. The number of rotatable bonds is 6. The van der Waals surface area contributed by atoms with E-state index in [1.807, 2.05) is 0 Å². The van der Waals surface area contributed by atoms with Crippen molar-refractivity contribution in [2.45, 2.75) is 18.9 Å². The molecule has 0 spiro atoms. The largest absolute Gasteiger partial charge is 0.465 e. The highest BCUT2D eigenvalue weighted by atomic mass is 16.5. The van der Waals surface area contributed by atoms with Gasteiger partial charge in [-0.2, -0.15) is 0 Å². The Morgan fingerprint density at radius 3 is 2.61 bits per heavy atom. The highest BCUT2D eigenvalue weighted by Crippen LogP contribution is 2.13. The topological polar surface area (TPSA) is 107 Å². The third kappa shape index (κ3) is 4.92. The molecule has 0 radical (unpaired) electrons. The van der Waals surface area contributed by atoms with Gasteiger partial charge in [-0.05, 0) is 49.2 Å². The fourth-order valence-corrected chi connectivity index (χ4v) is 2.81. The molecule has 1 aliphatic rings. The van der Waals surface area contributed by atoms with Gasteiger partial charge in [-0.15, -0.1) is 0 Å². The number of ether oxygens (including phenoxy) is 2. The zero-order valence-corrected chi connectivity index (χ0v) is 15.4. The second-order valence-electron chi connectivity index (χ2n) is 6.30. The van der Waals surface area contributed by atoms with E-state index in [9.17, 15) is 14.4 Å². The number of esters is 1. The van der Waals surface area contributed by atoms with E-state index in [-0.39, 0.29) is 17.7 Å². The van der Waals surface area contributed by atoms with E-state index in [2.05, 4.69) is 20.4 Å². The zero-order chi connectivity index (χ0) is 19.9. The van der Waals surface area contributed by atoms with Gasteiger partial charge in [0, 0.05) is 30.6 Å². The molecule has 2 N–H and O–H groups in total. The predicted molar refractivity (Wildman–Crippen MR) is 101 cm³/mol. The summed E-state index contributed by atoms with van der Waals surface area (Å²) in [4.78, 5) is 40.2. The molecule has 146 valence electrons. The SMILES string of the molecule is COC(=O)c1ccc(NC(=O)c2cc(C(=O)NCC3CCCO3)ccn2)cc1. The Balaban J connectivity index is 1.61. The van der Waals surface area contributed by atoms with E-state index in [1.54, 1.807) is 30.3 Å². The minimum atomic E-state index is -0.459. The molecule has 1 aliphatic heterocycles. The van der Waals surface area contributed by atoms with Gasteiger partial charge in [-0.3, -0.25) is 14.6 Å². The molecule has 2 aromatic rings. The standard InChI is InChI=1S/C20H21N3O5/c1-27-20(26)13-4-6-15(7-5-13)23-19(25)17-11-14(8-9-21-17)18(24)22-12-16-3-2-10-28-16/h4-9,11,16H,2-3,10,12H2,1H3,(H,22,24)(H,23,25). The molecule has 8 nitrogen and oxygen atoms in total. The van der Waals surface area contributed by atoms with Crippen molar-refractivity contribution in [1.29, 1.82) is 0 Å². The normalized spacial score (nSPS) is 15.7. The smallest absolute Gasteiger partial charge is 0.337 e. The predicted octanol–water partition coefficient (Wildman–Crippen LogP) is 2.03. The third-order valence-corrected chi connectivity index (χ3v) is 4.33. The number of methoxy groups -OCH3 is 1. The Hall–Kier alpha value is -3.26. The van der Waals surface area contributed by atoms with Crippen molar-refractivity contribution >= 4 is 23.5 Å². The number of benzene rings is 1. The van der Waals surface area contributed by atoms with Crippen molar-refractivity contribution in [2.75, 3.05) is 25.6 Å². The molecule has 0 saturated carbocycles. The fourth-order valence-electron chi connectivity index (χ4n) is 2.81. The molecule has 8 heteroatoms. The third-order valence-electron chi connectivity index (χ3n) is 4.33. The Morgan fingerprint density at radius 2 is 1.93 bits per heavy atom. The molecule has 28 heavy (non-hydrogen) atoms. The number of carbonyl (C=O) groups is 3. The number of pyridine rings is 1. The van der Waals surface area contributed by atoms with Crippen molar-refractivity contribution in [3.63, 3.8) is 0 Å². The quantitative estimate of drug-likeness (QED) is 0.739. The lowest BCUT2D eigenvalue weighted by atomic mass is 10.2. The molecule has 3 rings (SSSR count). The van der Waals surface area contributed by atoms with Crippen LogP contribution in [-0.4, -0.2) is 49.1 Å². The molecule has 1 aromatic carbocycles. The lowest BCUT2D eigenvalue weighted by Gasteiger charge is -2.11. The van der Waals surface area contributed by atoms with Crippen LogP contribution in [0.3, 0.4) is 0 Å². The van der Waals surface area contributed by atoms with E-state index in [1.165, 1.54) is 19.4 Å². The van der Waals surface area contributed by atoms with E-state index in [0.29, 0.717) is 23.4 Å². The summed E-state index contributed by atoms with van der Waals surface area (Å²) in [5, 5.41) is 5.49. The van der Waals surface area contributed by atoms with Crippen LogP contribution in [0.15, 0.2) is 42.6 Å². The summed E-state index contributed by atoms with van der Waals surface area (Å²) < 4.78 is 10.1. The number of aromatic nitrogens is 1. The number of hydrogen-bond acceptors (Lipinski definition) is 6. The average Bonchev–Trinajstić information content (AvgIpc) is 3.25. The van der Waals surface area contributed by atoms with Gasteiger partial charge >= 0.3 is 5.97 Å². The Labute approximate surface area is 162 Å². The van der Waals surface area contributed by atoms with Gasteiger partial charge in [0.05, 0.1) is 18.8 Å². The minimum Gasteiger partial charge on any atom is -0.465 e. The lowest BCUT2D eigenvalue weighted by Crippen LogP contribution is -2.32. The van der Waals surface area contributed by atoms with Crippen molar-refractivity contribution < 1.29 is 23.9 Å². The van der Waals surface area contributed by atoms with E-state index in [0.717, 1.165) is 19.4 Å². The van der Waals surface area contributed by atoms with Gasteiger partial charge in [0.25, 0.3) is 11.8 Å². The molecule has 1 saturated heterocycles. The van der Waals surface area contributed by atoms with Gasteiger partial charge in [0.1, 0.15) is 5.69 Å². The van der Waals surface area contributed by atoms with Crippen LogP contribution in [0.2, 0.25) is 0 Å². The van der Waals surface area contributed by atoms with Crippen molar-refractivity contribution in [1.82, 2.24) is 10.3 Å². The number of nitrogens with one attached hydrogen (secondary N) is 2. The molecule has 2 amide bonds. The van der Waals surface area contributed by atoms with Crippen LogP contribution in [0, 0.1) is 0 Å². The fraction of sp³-hybridized carbons (Fsp3) is 0.300. The highest BCUT2D eigenvalue weighted by Gasteiger charge is 2.17. The second kappa shape index (κ2) is 9.09. The molecular weight excluding hydrogens is 362 g/mol. The summed E-state index contributed by atoms with van der Waals surface area (Å²) in [6, 6.07) is 9.24. The molecule has 1 fully saturated rings. The van der Waals surface area contributed by atoms with Crippen LogP contribution in [0.25, 0.3) is 0 Å². The molecule has 0 aliphatic carbocycles. The number of nitrogens with zero attached hydrogens (tertiary/aromatic N) is 1. The van der Waals surface area contributed by atoms with Crippen LogP contribution in [0.4, 0.5) is 5.69 Å². The van der Waals surface area contributed by atoms with Gasteiger partial charge in [-0.25, -0.2) is 4.79 Å². The summed E-state index contributed by atoms with van der Waals surface area (Å²) in [5.74, 6) is -1.20. The number of carbonyl (C=O) groups excluding carboxylic acids is 3. The second-order valence-corrected chi connectivity index (χ2v) is 6.30. The molecule has 1 aromatic heterocycles. The number of amides is 2. The first-order valence-corrected chi connectivity index (χ1v) is 8.92. The lowest BCUT2D eigenvalue weighted by molar-refractivity contribution is 0.0600. The number of hydrogen-bond donors (Lipinski definition) is 2. The van der Waals surface area contributed by atoms with Crippen LogP contribution in [0.5, 0.6) is 0 Å². The van der Waals surface area contributed by atoms with E-state index >= 15 is 0 Å². The van der Waals surface area contributed by atoms with Crippen LogP contribution in [-0.2, 0) is 9.47 Å². The molecule has 0 bridgehead atoms.